The average molecular weight is 274 g/mol. The summed E-state index contributed by atoms with van der Waals surface area (Å²) in [5.41, 5.74) is 2.38. The molecule has 0 radical (unpaired) electrons. The highest BCUT2D eigenvalue weighted by atomic mass is 16.2. The first-order chi connectivity index (χ1) is 9.41. The first-order valence-corrected chi connectivity index (χ1v) is 7.55. The molecule has 2 rings (SSSR count). The van der Waals surface area contributed by atoms with Gasteiger partial charge in [0.1, 0.15) is 0 Å². The van der Waals surface area contributed by atoms with Gasteiger partial charge in [0.15, 0.2) is 0 Å². The van der Waals surface area contributed by atoms with Crippen molar-refractivity contribution in [1.29, 1.82) is 0 Å². The molecular weight excluding hydrogens is 248 g/mol. The second-order valence-corrected chi connectivity index (χ2v) is 6.55. The third-order valence-electron chi connectivity index (χ3n) is 3.89. The van der Waals surface area contributed by atoms with Crippen molar-refractivity contribution in [1.82, 2.24) is 4.90 Å². The Morgan fingerprint density at radius 3 is 2.35 bits per heavy atom. The summed E-state index contributed by atoms with van der Waals surface area (Å²) in [6.07, 6.45) is 1.07. The molecular formula is C17H26N2O. The quantitative estimate of drug-likeness (QED) is 0.828. The van der Waals surface area contributed by atoms with Crippen LogP contribution in [0.15, 0.2) is 24.3 Å². The highest BCUT2D eigenvalue weighted by Gasteiger charge is 2.29. The minimum Gasteiger partial charge on any atom is -0.368 e. The van der Waals surface area contributed by atoms with E-state index < -0.39 is 0 Å². The molecule has 1 aromatic carbocycles. The highest BCUT2D eigenvalue weighted by molar-refractivity contribution is 5.81. The number of amides is 1. The summed E-state index contributed by atoms with van der Waals surface area (Å²) in [4.78, 5) is 16.7. The molecule has 0 spiro atoms. The van der Waals surface area contributed by atoms with E-state index in [2.05, 4.69) is 36.1 Å². The summed E-state index contributed by atoms with van der Waals surface area (Å²) in [5.74, 6) is 0.263. The summed E-state index contributed by atoms with van der Waals surface area (Å²) >= 11 is 0. The van der Waals surface area contributed by atoms with Crippen LogP contribution in [0.25, 0.3) is 0 Å². The van der Waals surface area contributed by atoms with Crippen molar-refractivity contribution >= 4 is 11.6 Å². The number of rotatable bonds is 2. The third kappa shape index (κ3) is 3.33. The summed E-state index contributed by atoms with van der Waals surface area (Å²) < 4.78 is 0. The van der Waals surface area contributed by atoms with Crippen molar-refractivity contribution in [3.63, 3.8) is 0 Å². The molecule has 0 N–H and O–H groups in total. The summed E-state index contributed by atoms with van der Waals surface area (Å²) in [7, 11) is 0. The van der Waals surface area contributed by atoms with Crippen LogP contribution in [0.2, 0.25) is 0 Å². The van der Waals surface area contributed by atoms with Crippen LogP contribution in [-0.2, 0) is 11.2 Å². The lowest BCUT2D eigenvalue weighted by Gasteiger charge is -2.38. The number of aryl methyl sites for hydroxylation is 1. The van der Waals surface area contributed by atoms with Gasteiger partial charge < -0.3 is 9.80 Å². The SMILES string of the molecule is CCc1cccc(N2CCN(C(=O)C(C)(C)C)CC2)c1. The van der Waals surface area contributed by atoms with E-state index in [1.54, 1.807) is 0 Å². The Morgan fingerprint density at radius 1 is 1.15 bits per heavy atom. The number of anilines is 1. The fourth-order valence-electron chi connectivity index (χ4n) is 2.62. The monoisotopic (exact) mass is 274 g/mol. The zero-order chi connectivity index (χ0) is 14.8. The van der Waals surface area contributed by atoms with Gasteiger partial charge in [-0.25, -0.2) is 0 Å². The van der Waals surface area contributed by atoms with Crippen molar-refractivity contribution in [3.8, 4) is 0 Å². The van der Waals surface area contributed by atoms with Crippen LogP contribution in [0.5, 0.6) is 0 Å². The Labute approximate surface area is 122 Å². The second kappa shape index (κ2) is 5.86. The molecule has 110 valence electrons. The summed E-state index contributed by atoms with van der Waals surface area (Å²) in [6.45, 7) is 11.7. The van der Waals surface area contributed by atoms with Crippen molar-refractivity contribution in [2.75, 3.05) is 31.1 Å². The van der Waals surface area contributed by atoms with E-state index in [-0.39, 0.29) is 11.3 Å². The fraction of sp³-hybridized carbons (Fsp3) is 0.588. The van der Waals surface area contributed by atoms with Crippen molar-refractivity contribution < 1.29 is 4.79 Å². The van der Waals surface area contributed by atoms with Gasteiger partial charge in [-0.3, -0.25) is 4.79 Å². The molecule has 1 amide bonds. The normalized spacial score (nSPS) is 16.4. The highest BCUT2D eigenvalue weighted by Crippen LogP contribution is 2.22. The van der Waals surface area contributed by atoms with Gasteiger partial charge in [0.25, 0.3) is 0 Å². The van der Waals surface area contributed by atoms with Gasteiger partial charge >= 0.3 is 0 Å². The molecule has 3 heteroatoms. The third-order valence-corrected chi connectivity index (χ3v) is 3.89. The maximum atomic E-state index is 12.3. The van der Waals surface area contributed by atoms with Gasteiger partial charge in [0.05, 0.1) is 0 Å². The predicted molar refractivity (Wildman–Crippen MR) is 84.1 cm³/mol. The molecule has 1 saturated heterocycles. The molecule has 1 fully saturated rings. The molecule has 3 nitrogen and oxygen atoms in total. The minimum atomic E-state index is -0.274. The van der Waals surface area contributed by atoms with Gasteiger partial charge in [-0.2, -0.15) is 0 Å². The Bertz CT molecular complexity index is 468. The molecule has 1 aromatic rings. The van der Waals surface area contributed by atoms with Crippen molar-refractivity contribution in [2.24, 2.45) is 5.41 Å². The lowest BCUT2D eigenvalue weighted by atomic mass is 9.94. The van der Waals surface area contributed by atoms with E-state index >= 15 is 0 Å². The van der Waals surface area contributed by atoms with E-state index in [1.165, 1.54) is 11.3 Å². The first kappa shape index (κ1) is 14.9. The Hall–Kier alpha value is -1.51. The van der Waals surface area contributed by atoms with Gasteiger partial charge in [-0.15, -0.1) is 0 Å². The number of carbonyl (C=O) groups excluding carboxylic acids is 1. The van der Waals surface area contributed by atoms with E-state index in [4.69, 9.17) is 0 Å². The minimum absolute atomic E-state index is 0.263. The zero-order valence-corrected chi connectivity index (χ0v) is 13.1. The Kier molecular flexibility index (Phi) is 4.36. The number of hydrogen-bond donors (Lipinski definition) is 0. The van der Waals surface area contributed by atoms with Gasteiger partial charge in [0.2, 0.25) is 5.91 Å². The number of carbonyl (C=O) groups is 1. The molecule has 20 heavy (non-hydrogen) atoms. The zero-order valence-electron chi connectivity index (χ0n) is 13.1. The van der Waals surface area contributed by atoms with Crippen molar-refractivity contribution in [3.05, 3.63) is 29.8 Å². The molecule has 1 heterocycles. The van der Waals surface area contributed by atoms with E-state index in [0.717, 1.165) is 32.6 Å². The molecule has 0 unspecified atom stereocenters. The van der Waals surface area contributed by atoms with Crippen LogP contribution >= 0.6 is 0 Å². The van der Waals surface area contributed by atoms with Gasteiger partial charge in [-0.05, 0) is 24.1 Å². The number of benzene rings is 1. The number of hydrogen-bond acceptors (Lipinski definition) is 2. The molecule has 0 aliphatic carbocycles. The van der Waals surface area contributed by atoms with Crippen LogP contribution in [-0.4, -0.2) is 37.0 Å². The van der Waals surface area contributed by atoms with Gasteiger partial charge in [0, 0.05) is 37.3 Å². The summed E-state index contributed by atoms with van der Waals surface area (Å²) in [6, 6.07) is 8.73. The standard InChI is InChI=1S/C17H26N2O/c1-5-14-7-6-8-15(13-14)18-9-11-19(12-10-18)16(20)17(2,3)4/h6-8,13H,5,9-12H2,1-4H3. The predicted octanol–water partition coefficient (Wildman–Crippen LogP) is 2.94. The largest absolute Gasteiger partial charge is 0.368 e. The van der Waals surface area contributed by atoms with Crippen molar-refractivity contribution in [2.45, 2.75) is 34.1 Å². The lowest BCUT2D eigenvalue weighted by molar-refractivity contribution is -0.139. The van der Waals surface area contributed by atoms with Crippen LogP contribution in [0.4, 0.5) is 5.69 Å². The maximum Gasteiger partial charge on any atom is 0.228 e. The average Bonchev–Trinajstić information content (AvgIpc) is 2.46. The van der Waals surface area contributed by atoms with E-state index in [0.29, 0.717) is 0 Å². The molecule has 0 saturated carbocycles. The second-order valence-electron chi connectivity index (χ2n) is 6.55. The fourth-order valence-corrected chi connectivity index (χ4v) is 2.62. The molecule has 0 atom stereocenters. The Morgan fingerprint density at radius 2 is 1.80 bits per heavy atom. The first-order valence-electron chi connectivity index (χ1n) is 7.55. The van der Waals surface area contributed by atoms with Crippen LogP contribution < -0.4 is 4.90 Å². The number of piperazine rings is 1. The summed E-state index contributed by atoms with van der Waals surface area (Å²) in [5, 5.41) is 0. The maximum absolute atomic E-state index is 12.3. The van der Waals surface area contributed by atoms with Gasteiger partial charge in [-0.1, -0.05) is 39.8 Å². The Balaban J connectivity index is 1.99. The lowest BCUT2D eigenvalue weighted by Crippen LogP contribution is -2.51. The topological polar surface area (TPSA) is 23.6 Å². The van der Waals surface area contributed by atoms with Crippen LogP contribution in [0, 0.1) is 5.41 Å². The molecule has 1 aliphatic heterocycles. The smallest absolute Gasteiger partial charge is 0.228 e. The molecule has 0 aromatic heterocycles. The number of nitrogens with zero attached hydrogens (tertiary/aromatic N) is 2. The van der Waals surface area contributed by atoms with Crippen LogP contribution in [0.3, 0.4) is 0 Å². The van der Waals surface area contributed by atoms with Crippen LogP contribution in [0.1, 0.15) is 33.3 Å². The molecule has 0 bridgehead atoms. The van der Waals surface area contributed by atoms with E-state index in [1.807, 2.05) is 25.7 Å². The van der Waals surface area contributed by atoms with E-state index in [9.17, 15) is 4.79 Å². The molecule has 1 aliphatic rings.